The number of hydrogen-bond acceptors (Lipinski definition) is 2. The predicted molar refractivity (Wildman–Crippen MR) is 81.0 cm³/mol. The number of carbonyl (C=O) groups excluding carboxylic acids is 1. The molecule has 0 spiro atoms. The van der Waals surface area contributed by atoms with Gasteiger partial charge >= 0.3 is 6.18 Å². The molecule has 0 bridgehead atoms. The summed E-state index contributed by atoms with van der Waals surface area (Å²) < 4.78 is 36.2. The van der Waals surface area contributed by atoms with Crippen molar-refractivity contribution in [1.82, 2.24) is 10.3 Å². The molecule has 1 aromatic carbocycles. The summed E-state index contributed by atoms with van der Waals surface area (Å²) in [6.07, 6.45) is -4.42. The monoisotopic (exact) mass is 312 g/mol. The summed E-state index contributed by atoms with van der Waals surface area (Å²) in [6.45, 7) is 6.39. The van der Waals surface area contributed by atoms with Crippen molar-refractivity contribution in [2.75, 3.05) is 6.54 Å². The lowest BCUT2D eigenvalue weighted by atomic mass is 10.1. The standard InChI is InChI=1S/C14H13F3N2O.C2H6/c1-8-5-9(2)19-12-4-3-10(6-11(8)12)13(20)18-7-14(15,16)17;1-2/h3-6H,7H2,1-2H3,(H,18,20);1-2H3. The van der Waals surface area contributed by atoms with E-state index < -0.39 is 18.6 Å². The van der Waals surface area contributed by atoms with Crippen molar-refractivity contribution >= 4 is 16.8 Å². The number of amides is 1. The van der Waals surface area contributed by atoms with Gasteiger partial charge in [-0.25, -0.2) is 0 Å². The molecule has 0 saturated heterocycles. The van der Waals surface area contributed by atoms with Crippen molar-refractivity contribution in [3.05, 3.63) is 41.1 Å². The van der Waals surface area contributed by atoms with Crippen LogP contribution in [0.15, 0.2) is 24.3 Å². The zero-order chi connectivity index (χ0) is 16.9. The number of halogens is 3. The first-order chi connectivity index (χ1) is 10.3. The van der Waals surface area contributed by atoms with Gasteiger partial charge in [0.2, 0.25) is 0 Å². The molecule has 2 aromatic rings. The van der Waals surface area contributed by atoms with Crippen LogP contribution in [0.5, 0.6) is 0 Å². The molecule has 0 radical (unpaired) electrons. The minimum absolute atomic E-state index is 0.190. The zero-order valence-electron chi connectivity index (χ0n) is 13.0. The van der Waals surface area contributed by atoms with Crippen LogP contribution in [0.25, 0.3) is 10.9 Å². The first-order valence-corrected chi connectivity index (χ1v) is 6.99. The Kier molecular flexibility index (Phi) is 5.91. The fourth-order valence-corrected chi connectivity index (χ4v) is 1.99. The minimum atomic E-state index is -4.42. The second kappa shape index (κ2) is 7.24. The van der Waals surface area contributed by atoms with E-state index in [2.05, 4.69) is 4.98 Å². The van der Waals surface area contributed by atoms with Crippen LogP contribution in [0, 0.1) is 13.8 Å². The molecule has 0 aliphatic carbocycles. The van der Waals surface area contributed by atoms with Gasteiger partial charge in [-0.2, -0.15) is 13.2 Å². The number of alkyl halides is 3. The Hall–Kier alpha value is -2.11. The summed E-state index contributed by atoms with van der Waals surface area (Å²) in [5.74, 6) is -0.746. The molecular weight excluding hydrogens is 293 g/mol. The lowest BCUT2D eigenvalue weighted by Gasteiger charge is -2.09. The summed E-state index contributed by atoms with van der Waals surface area (Å²) in [6, 6.07) is 6.53. The molecule has 6 heteroatoms. The molecular formula is C16H19F3N2O. The fourth-order valence-electron chi connectivity index (χ4n) is 1.99. The molecule has 120 valence electrons. The van der Waals surface area contributed by atoms with Crippen LogP contribution in [0.3, 0.4) is 0 Å². The van der Waals surface area contributed by atoms with Crippen LogP contribution >= 0.6 is 0 Å². The lowest BCUT2D eigenvalue weighted by Crippen LogP contribution is -2.33. The quantitative estimate of drug-likeness (QED) is 0.904. The van der Waals surface area contributed by atoms with Crippen LogP contribution in [-0.4, -0.2) is 23.6 Å². The van der Waals surface area contributed by atoms with E-state index in [1.807, 2.05) is 39.1 Å². The van der Waals surface area contributed by atoms with Crippen molar-refractivity contribution in [3.8, 4) is 0 Å². The van der Waals surface area contributed by atoms with Gasteiger partial charge < -0.3 is 5.32 Å². The zero-order valence-corrected chi connectivity index (χ0v) is 13.0. The number of pyridine rings is 1. The van der Waals surface area contributed by atoms with E-state index in [0.29, 0.717) is 0 Å². The van der Waals surface area contributed by atoms with E-state index in [4.69, 9.17) is 0 Å². The van der Waals surface area contributed by atoms with Crippen LogP contribution in [0.4, 0.5) is 13.2 Å². The maximum Gasteiger partial charge on any atom is 0.405 e. The number of rotatable bonds is 2. The van der Waals surface area contributed by atoms with Gasteiger partial charge in [0.05, 0.1) is 5.52 Å². The number of nitrogens with zero attached hydrogens (tertiary/aromatic N) is 1. The largest absolute Gasteiger partial charge is 0.405 e. The van der Waals surface area contributed by atoms with Crippen LogP contribution in [0.2, 0.25) is 0 Å². The summed E-state index contributed by atoms with van der Waals surface area (Å²) in [4.78, 5) is 16.0. The van der Waals surface area contributed by atoms with Gasteiger partial charge in [-0.1, -0.05) is 13.8 Å². The third-order valence-electron chi connectivity index (χ3n) is 2.86. The van der Waals surface area contributed by atoms with Crippen molar-refractivity contribution in [2.45, 2.75) is 33.9 Å². The molecule has 1 N–H and O–H groups in total. The Morgan fingerprint density at radius 1 is 1.18 bits per heavy atom. The van der Waals surface area contributed by atoms with E-state index >= 15 is 0 Å². The van der Waals surface area contributed by atoms with E-state index in [-0.39, 0.29) is 5.56 Å². The normalized spacial score (nSPS) is 10.9. The highest BCUT2D eigenvalue weighted by molar-refractivity contribution is 5.98. The summed E-state index contributed by atoms with van der Waals surface area (Å²) >= 11 is 0. The molecule has 0 atom stereocenters. The second-order valence-electron chi connectivity index (χ2n) is 4.61. The Morgan fingerprint density at radius 2 is 1.82 bits per heavy atom. The van der Waals surface area contributed by atoms with E-state index in [1.54, 1.807) is 12.1 Å². The Labute approximate surface area is 127 Å². The average Bonchev–Trinajstić information content (AvgIpc) is 2.45. The molecule has 0 aliphatic rings. The van der Waals surface area contributed by atoms with Gasteiger partial charge in [0.15, 0.2) is 0 Å². The SMILES string of the molecule is CC.Cc1cc(C)c2cc(C(=O)NCC(F)(F)F)ccc2n1. The number of nitrogens with one attached hydrogen (secondary N) is 1. The number of carbonyl (C=O) groups is 1. The smallest absolute Gasteiger partial charge is 0.343 e. The van der Waals surface area contributed by atoms with Gasteiger partial charge in [0.1, 0.15) is 6.54 Å². The first-order valence-electron chi connectivity index (χ1n) is 6.99. The Balaban J connectivity index is 0.00000116. The number of hydrogen-bond donors (Lipinski definition) is 1. The van der Waals surface area contributed by atoms with E-state index in [9.17, 15) is 18.0 Å². The highest BCUT2D eigenvalue weighted by Crippen LogP contribution is 2.19. The number of aryl methyl sites for hydroxylation is 2. The molecule has 0 unspecified atom stereocenters. The maximum atomic E-state index is 12.1. The Bertz CT molecular complexity index is 666. The summed E-state index contributed by atoms with van der Waals surface area (Å²) in [5.41, 5.74) is 2.69. The Morgan fingerprint density at radius 3 is 2.41 bits per heavy atom. The molecule has 0 saturated carbocycles. The minimum Gasteiger partial charge on any atom is -0.343 e. The van der Waals surface area contributed by atoms with Gasteiger partial charge in [-0.05, 0) is 43.7 Å². The second-order valence-corrected chi connectivity index (χ2v) is 4.61. The van der Waals surface area contributed by atoms with Gasteiger partial charge in [-0.3, -0.25) is 9.78 Å². The molecule has 1 heterocycles. The molecule has 1 aromatic heterocycles. The summed E-state index contributed by atoms with van der Waals surface area (Å²) in [7, 11) is 0. The average molecular weight is 312 g/mol. The van der Waals surface area contributed by atoms with E-state index in [0.717, 1.165) is 22.2 Å². The molecule has 3 nitrogen and oxygen atoms in total. The van der Waals surface area contributed by atoms with Gasteiger partial charge in [0, 0.05) is 16.6 Å². The highest BCUT2D eigenvalue weighted by Gasteiger charge is 2.27. The highest BCUT2D eigenvalue weighted by atomic mass is 19.4. The molecule has 1 amide bonds. The van der Waals surface area contributed by atoms with Crippen molar-refractivity contribution in [1.29, 1.82) is 0 Å². The van der Waals surface area contributed by atoms with Crippen LogP contribution in [0.1, 0.15) is 35.5 Å². The van der Waals surface area contributed by atoms with Gasteiger partial charge in [-0.15, -0.1) is 0 Å². The number of aromatic nitrogens is 1. The molecule has 22 heavy (non-hydrogen) atoms. The maximum absolute atomic E-state index is 12.1. The topological polar surface area (TPSA) is 42.0 Å². The van der Waals surface area contributed by atoms with Crippen molar-refractivity contribution in [2.24, 2.45) is 0 Å². The van der Waals surface area contributed by atoms with Crippen LogP contribution in [-0.2, 0) is 0 Å². The molecule has 2 rings (SSSR count). The third-order valence-corrected chi connectivity index (χ3v) is 2.86. The van der Waals surface area contributed by atoms with Gasteiger partial charge in [0.25, 0.3) is 5.91 Å². The molecule has 0 fully saturated rings. The lowest BCUT2D eigenvalue weighted by molar-refractivity contribution is -0.123. The third kappa shape index (κ3) is 4.72. The number of fused-ring (bicyclic) bond motifs is 1. The predicted octanol–water partition coefficient (Wildman–Crippen LogP) is 4.17. The molecule has 0 aliphatic heterocycles. The van der Waals surface area contributed by atoms with Crippen LogP contribution < -0.4 is 5.32 Å². The van der Waals surface area contributed by atoms with Crippen molar-refractivity contribution < 1.29 is 18.0 Å². The van der Waals surface area contributed by atoms with E-state index in [1.165, 1.54) is 6.07 Å². The number of benzene rings is 1. The first kappa shape index (κ1) is 17.9. The van der Waals surface area contributed by atoms with Crippen molar-refractivity contribution in [3.63, 3.8) is 0 Å². The summed E-state index contributed by atoms with van der Waals surface area (Å²) in [5, 5.41) is 2.61. The fraction of sp³-hybridized carbons (Fsp3) is 0.375.